The van der Waals surface area contributed by atoms with Crippen molar-refractivity contribution in [1.82, 2.24) is 9.88 Å². The number of anilines is 1. The summed E-state index contributed by atoms with van der Waals surface area (Å²) in [6, 6.07) is 0.105. The number of aromatic nitrogens is 1. The van der Waals surface area contributed by atoms with E-state index in [0.29, 0.717) is 32.2 Å². The minimum Gasteiger partial charge on any atom is -0.477 e. The number of carbonyl (C=O) groups excluding carboxylic acids is 1. The van der Waals surface area contributed by atoms with E-state index in [1.807, 2.05) is 0 Å². The van der Waals surface area contributed by atoms with Gasteiger partial charge in [0.25, 0.3) is 0 Å². The van der Waals surface area contributed by atoms with Gasteiger partial charge >= 0.3 is 12.1 Å². The zero-order chi connectivity index (χ0) is 26.4. The lowest BCUT2D eigenvalue weighted by molar-refractivity contribution is 0.0513. The number of piperidine rings is 1. The highest BCUT2D eigenvalue weighted by atomic mass is 19.1. The van der Waals surface area contributed by atoms with Gasteiger partial charge < -0.3 is 29.7 Å². The van der Waals surface area contributed by atoms with Crippen molar-refractivity contribution in [1.29, 1.82) is 0 Å². The molecule has 36 heavy (non-hydrogen) atoms. The highest BCUT2D eigenvalue weighted by molar-refractivity contribution is 5.94. The Hall–Kier alpha value is -3.21. The van der Waals surface area contributed by atoms with E-state index in [4.69, 9.17) is 4.74 Å². The number of rotatable bonds is 6. The Morgan fingerprint density at radius 2 is 1.92 bits per heavy atom. The van der Waals surface area contributed by atoms with Gasteiger partial charge in [-0.05, 0) is 58.4 Å². The monoisotopic (exact) mass is 507 g/mol. The van der Waals surface area contributed by atoms with Crippen LogP contribution in [0.2, 0.25) is 0 Å². The lowest BCUT2D eigenvalue weighted by Crippen LogP contribution is -2.48. The van der Waals surface area contributed by atoms with Gasteiger partial charge in [0.15, 0.2) is 5.82 Å². The van der Waals surface area contributed by atoms with Gasteiger partial charge in [-0.25, -0.2) is 18.4 Å². The summed E-state index contributed by atoms with van der Waals surface area (Å²) in [5.41, 5.74) is -2.60. The van der Waals surface area contributed by atoms with Crippen LogP contribution >= 0.6 is 0 Å². The van der Waals surface area contributed by atoms with Gasteiger partial charge in [-0.1, -0.05) is 0 Å². The van der Waals surface area contributed by atoms with Crippen LogP contribution in [0.1, 0.15) is 62.9 Å². The number of carbonyl (C=O) groups is 2. The van der Waals surface area contributed by atoms with Gasteiger partial charge in [0.2, 0.25) is 5.43 Å². The number of hydrogen-bond donors (Lipinski definition) is 3. The third kappa shape index (κ3) is 5.16. The molecule has 1 saturated heterocycles. The van der Waals surface area contributed by atoms with Gasteiger partial charge in [-0.3, -0.25) is 4.79 Å². The topological polar surface area (TPSA) is 121 Å². The Kier molecular flexibility index (Phi) is 6.96. The second kappa shape index (κ2) is 9.68. The molecular weight excluding hydrogens is 476 g/mol. The molecule has 1 aromatic heterocycles. The summed E-state index contributed by atoms with van der Waals surface area (Å²) in [5, 5.41) is 21.8. The summed E-state index contributed by atoms with van der Waals surface area (Å²) in [6.07, 6.45) is 2.83. The van der Waals surface area contributed by atoms with Crippen LogP contribution in [-0.2, 0) is 4.74 Å². The molecule has 9 nitrogen and oxygen atoms in total. The second-order valence-electron chi connectivity index (χ2n) is 10.5. The van der Waals surface area contributed by atoms with Crippen molar-refractivity contribution in [2.24, 2.45) is 5.92 Å². The van der Waals surface area contributed by atoms with Gasteiger partial charge in [0.05, 0.1) is 23.6 Å². The first kappa shape index (κ1) is 25.9. The smallest absolute Gasteiger partial charge is 0.407 e. The minimum absolute atomic E-state index is 0.0414. The largest absolute Gasteiger partial charge is 0.477 e. The molecule has 1 saturated carbocycles. The van der Waals surface area contributed by atoms with Crippen LogP contribution in [0.25, 0.3) is 10.9 Å². The van der Waals surface area contributed by atoms with Gasteiger partial charge in [0.1, 0.15) is 22.7 Å². The van der Waals surface area contributed by atoms with Crippen molar-refractivity contribution < 1.29 is 33.3 Å². The summed E-state index contributed by atoms with van der Waals surface area (Å²) in [5.74, 6) is -3.44. The van der Waals surface area contributed by atoms with E-state index < -0.39 is 46.3 Å². The molecule has 1 aliphatic carbocycles. The maximum Gasteiger partial charge on any atom is 0.407 e. The highest BCUT2D eigenvalue weighted by Gasteiger charge is 2.35. The molecule has 2 fully saturated rings. The number of aliphatic hydroxyl groups is 1. The molecule has 196 valence electrons. The summed E-state index contributed by atoms with van der Waals surface area (Å²) >= 11 is 0. The number of fused-ring (bicyclic) bond motifs is 1. The molecule has 2 atom stereocenters. The molecule has 3 N–H and O–H groups in total. The molecule has 2 aromatic rings. The van der Waals surface area contributed by atoms with Crippen molar-refractivity contribution in [2.75, 3.05) is 24.6 Å². The number of halogens is 2. The number of pyridine rings is 1. The van der Waals surface area contributed by atoms with Crippen molar-refractivity contribution in [3.63, 3.8) is 0 Å². The van der Waals surface area contributed by atoms with Crippen LogP contribution in [0, 0.1) is 17.6 Å². The number of hydrogen-bond acceptors (Lipinski definition) is 6. The fourth-order valence-corrected chi connectivity index (χ4v) is 4.82. The van der Waals surface area contributed by atoms with E-state index in [2.05, 4.69) is 5.32 Å². The van der Waals surface area contributed by atoms with E-state index >= 15 is 8.78 Å². The minimum atomic E-state index is -1.45. The summed E-state index contributed by atoms with van der Waals surface area (Å²) in [4.78, 5) is 37.7. The third-order valence-electron chi connectivity index (χ3n) is 6.61. The first-order valence-electron chi connectivity index (χ1n) is 12.1. The normalized spacial score (nSPS) is 20.4. The van der Waals surface area contributed by atoms with Gasteiger partial charge in [0, 0.05) is 25.3 Å². The number of aromatic carboxylic acids is 1. The fraction of sp³-hybridized carbons (Fsp3) is 0.560. The summed E-state index contributed by atoms with van der Waals surface area (Å²) in [7, 11) is 0. The molecular formula is C25H31F2N3O6. The standard InChI is InChI=1S/C25H31F2N3O6/c1-25(2,3)36-24(35)28-10-13-6-7-29(15(8-13)12-31)21-18(26)9-16-20(19(21)27)30(14-4-5-14)11-17(22(16)32)23(33)34/h9,11,13-15,31H,4-8,10,12H2,1-3H3,(H,28,35)(H,33,34)/t13-,15+/m1/s1. The average molecular weight is 508 g/mol. The van der Waals surface area contributed by atoms with Gasteiger partial charge in [-0.15, -0.1) is 0 Å². The van der Waals surface area contributed by atoms with Crippen molar-refractivity contribution in [3.8, 4) is 0 Å². The van der Waals surface area contributed by atoms with E-state index in [1.165, 1.54) is 9.47 Å². The third-order valence-corrected chi connectivity index (χ3v) is 6.61. The number of nitrogens with zero attached hydrogens (tertiary/aromatic N) is 2. The van der Waals surface area contributed by atoms with Crippen LogP contribution in [-0.4, -0.2) is 58.2 Å². The molecule has 2 heterocycles. The summed E-state index contributed by atoms with van der Waals surface area (Å²) < 4.78 is 37.9. The van der Waals surface area contributed by atoms with Crippen LogP contribution in [0.3, 0.4) is 0 Å². The number of carboxylic acids is 1. The molecule has 11 heteroatoms. The Morgan fingerprint density at radius 1 is 1.22 bits per heavy atom. The molecule has 4 rings (SSSR count). The quantitative estimate of drug-likeness (QED) is 0.548. The van der Waals surface area contributed by atoms with Gasteiger partial charge in [-0.2, -0.15) is 0 Å². The number of ether oxygens (including phenoxy) is 1. The molecule has 0 radical (unpaired) electrons. The first-order valence-corrected chi connectivity index (χ1v) is 12.1. The maximum absolute atomic E-state index is 16.0. The van der Waals surface area contributed by atoms with E-state index in [0.717, 1.165) is 12.3 Å². The van der Waals surface area contributed by atoms with E-state index in [9.17, 15) is 24.6 Å². The number of nitrogens with one attached hydrogen (secondary N) is 1. The number of amides is 1. The SMILES string of the molecule is CC(C)(C)OC(=O)NC[C@@H]1CCN(c2c(F)cc3c(=O)c(C(=O)O)cn(C4CC4)c3c2F)[C@H](CO)C1. The average Bonchev–Trinajstić information content (AvgIpc) is 3.63. The predicted octanol–water partition coefficient (Wildman–Crippen LogP) is 3.41. The zero-order valence-corrected chi connectivity index (χ0v) is 20.5. The summed E-state index contributed by atoms with van der Waals surface area (Å²) in [6.45, 7) is 5.40. The van der Waals surface area contributed by atoms with Crippen molar-refractivity contribution in [3.05, 3.63) is 39.7 Å². The van der Waals surface area contributed by atoms with E-state index in [-0.39, 0.29) is 41.7 Å². The number of benzene rings is 1. The van der Waals surface area contributed by atoms with E-state index in [1.54, 1.807) is 20.8 Å². The van der Waals surface area contributed by atoms with Crippen LogP contribution < -0.4 is 15.6 Å². The Labute approximate surface area is 206 Å². The second-order valence-corrected chi connectivity index (χ2v) is 10.5. The first-order chi connectivity index (χ1) is 16.9. The Bertz CT molecular complexity index is 1250. The Morgan fingerprint density at radius 3 is 2.50 bits per heavy atom. The fourth-order valence-electron chi connectivity index (χ4n) is 4.82. The highest BCUT2D eigenvalue weighted by Crippen LogP contribution is 2.40. The predicted molar refractivity (Wildman–Crippen MR) is 129 cm³/mol. The van der Waals surface area contributed by atoms with Crippen molar-refractivity contribution in [2.45, 2.75) is 64.1 Å². The van der Waals surface area contributed by atoms with Crippen LogP contribution in [0.15, 0.2) is 17.1 Å². The number of aliphatic hydroxyl groups excluding tert-OH is 1. The maximum atomic E-state index is 16.0. The number of carboxylic acid groups (broad SMARTS) is 1. The van der Waals surface area contributed by atoms with Crippen LogP contribution in [0.4, 0.5) is 19.3 Å². The molecule has 0 spiro atoms. The molecule has 0 unspecified atom stereocenters. The van der Waals surface area contributed by atoms with Crippen molar-refractivity contribution >= 4 is 28.7 Å². The molecule has 1 aliphatic heterocycles. The Balaban J connectivity index is 1.64. The zero-order valence-electron chi connectivity index (χ0n) is 20.5. The molecule has 1 aromatic carbocycles. The molecule has 1 amide bonds. The number of alkyl carbamates (subject to hydrolysis) is 1. The lowest BCUT2D eigenvalue weighted by Gasteiger charge is -2.40. The molecule has 2 aliphatic rings. The lowest BCUT2D eigenvalue weighted by atomic mass is 9.90. The van der Waals surface area contributed by atoms with Crippen LogP contribution in [0.5, 0.6) is 0 Å². The molecule has 0 bridgehead atoms.